The molecule has 2 rings (SSSR count). The van der Waals surface area contributed by atoms with Crippen molar-refractivity contribution in [3.63, 3.8) is 0 Å². The molecule has 0 aromatic heterocycles. The molecule has 0 aromatic rings. The van der Waals surface area contributed by atoms with E-state index in [-0.39, 0.29) is 35.8 Å². The molecule has 1 heterocycles. The van der Waals surface area contributed by atoms with Crippen molar-refractivity contribution in [2.45, 2.75) is 44.1 Å². The molecule has 22 heavy (non-hydrogen) atoms. The fourth-order valence-corrected chi connectivity index (χ4v) is 3.41. The fraction of sp³-hybridized carbons (Fsp3) is 0.867. The maximum Gasteiger partial charge on any atom is 0.319 e. The minimum Gasteiger partial charge on any atom is -0.349 e. The SMILES string of the molecule is CN(C)C(=O)N1CCC(C(=O)NC2(CN)CCCC2)CC1.Cl. The quantitative estimate of drug-likeness (QED) is 0.814. The standard InChI is InChI=1S/C15H28N4O2.ClH/c1-18(2)14(21)19-9-5-12(6-10-19)13(20)17-15(11-16)7-3-4-8-15;/h12H,3-11,16H2,1-2H3,(H,17,20);1H. The summed E-state index contributed by atoms with van der Waals surface area (Å²) < 4.78 is 0. The minimum atomic E-state index is -0.173. The number of hydrogen-bond acceptors (Lipinski definition) is 3. The number of carbonyl (C=O) groups excluding carboxylic acids is 2. The highest BCUT2D eigenvalue weighted by Gasteiger charge is 2.36. The molecule has 2 fully saturated rings. The number of piperidine rings is 1. The number of rotatable bonds is 3. The maximum atomic E-state index is 12.4. The Morgan fingerprint density at radius 2 is 1.77 bits per heavy atom. The predicted molar refractivity (Wildman–Crippen MR) is 89.0 cm³/mol. The second kappa shape index (κ2) is 8.02. The molecule has 3 amide bonds. The van der Waals surface area contributed by atoms with Gasteiger partial charge < -0.3 is 20.9 Å². The zero-order chi connectivity index (χ0) is 15.5. The van der Waals surface area contributed by atoms with Crippen molar-refractivity contribution >= 4 is 24.3 Å². The summed E-state index contributed by atoms with van der Waals surface area (Å²) in [6.45, 7) is 1.84. The molecule has 0 atom stereocenters. The first-order valence-electron chi connectivity index (χ1n) is 7.96. The first-order valence-corrected chi connectivity index (χ1v) is 7.96. The van der Waals surface area contributed by atoms with E-state index in [9.17, 15) is 9.59 Å². The average Bonchev–Trinajstić information content (AvgIpc) is 2.95. The topological polar surface area (TPSA) is 78.7 Å². The van der Waals surface area contributed by atoms with Gasteiger partial charge in [0.1, 0.15) is 0 Å². The van der Waals surface area contributed by atoms with Crippen molar-refractivity contribution < 1.29 is 9.59 Å². The van der Waals surface area contributed by atoms with E-state index in [0.717, 1.165) is 38.5 Å². The summed E-state index contributed by atoms with van der Waals surface area (Å²) in [5.74, 6) is 0.138. The van der Waals surface area contributed by atoms with Gasteiger partial charge in [-0.15, -0.1) is 12.4 Å². The molecule has 0 radical (unpaired) electrons. The third-order valence-electron chi connectivity index (χ3n) is 4.86. The molecule has 128 valence electrons. The Kier molecular flexibility index (Phi) is 6.94. The van der Waals surface area contributed by atoms with Crippen LogP contribution in [0.5, 0.6) is 0 Å². The highest BCUT2D eigenvalue weighted by atomic mass is 35.5. The number of amides is 3. The van der Waals surface area contributed by atoms with Gasteiger partial charge in [0, 0.05) is 39.6 Å². The summed E-state index contributed by atoms with van der Waals surface area (Å²) >= 11 is 0. The van der Waals surface area contributed by atoms with Gasteiger partial charge in [0.2, 0.25) is 5.91 Å². The van der Waals surface area contributed by atoms with Gasteiger partial charge in [0.15, 0.2) is 0 Å². The molecule has 0 bridgehead atoms. The summed E-state index contributed by atoms with van der Waals surface area (Å²) in [5.41, 5.74) is 5.70. The first kappa shape index (κ1) is 19.0. The second-order valence-corrected chi connectivity index (χ2v) is 6.62. The first-order chi connectivity index (χ1) is 9.97. The predicted octanol–water partition coefficient (Wildman–Crippen LogP) is 1.19. The lowest BCUT2D eigenvalue weighted by Gasteiger charge is -2.35. The number of carbonyl (C=O) groups is 2. The van der Waals surface area contributed by atoms with Gasteiger partial charge in [-0.25, -0.2) is 4.79 Å². The third-order valence-corrected chi connectivity index (χ3v) is 4.86. The van der Waals surface area contributed by atoms with Gasteiger partial charge in [-0.3, -0.25) is 4.79 Å². The average molecular weight is 333 g/mol. The molecule has 3 N–H and O–H groups in total. The fourth-order valence-electron chi connectivity index (χ4n) is 3.41. The Morgan fingerprint density at radius 1 is 1.23 bits per heavy atom. The number of likely N-dealkylation sites (tertiary alicyclic amines) is 1. The lowest BCUT2D eigenvalue weighted by molar-refractivity contribution is -0.128. The van der Waals surface area contributed by atoms with E-state index < -0.39 is 0 Å². The van der Waals surface area contributed by atoms with E-state index in [1.54, 1.807) is 19.0 Å². The maximum absolute atomic E-state index is 12.4. The van der Waals surface area contributed by atoms with E-state index in [0.29, 0.717) is 19.6 Å². The molecular weight excluding hydrogens is 304 g/mol. The van der Waals surface area contributed by atoms with Crippen LogP contribution in [0.3, 0.4) is 0 Å². The minimum absolute atomic E-state index is 0. The molecule has 1 saturated carbocycles. The van der Waals surface area contributed by atoms with Crippen LogP contribution in [-0.2, 0) is 4.79 Å². The molecule has 2 aliphatic rings. The van der Waals surface area contributed by atoms with Crippen LogP contribution in [0.25, 0.3) is 0 Å². The monoisotopic (exact) mass is 332 g/mol. The zero-order valence-electron chi connectivity index (χ0n) is 13.6. The van der Waals surface area contributed by atoms with Crippen LogP contribution < -0.4 is 11.1 Å². The Bertz CT molecular complexity index is 389. The van der Waals surface area contributed by atoms with Crippen molar-refractivity contribution in [3.05, 3.63) is 0 Å². The number of urea groups is 1. The lowest BCUT2D eigenvalue weighted by Crippen LogP contribution is -2.54. The number of halogens is 1. The number of nitrogens with two attached hydrogens (primary N) is 1. The molecule has 0 unspecified atom stereocenters. The van der Waals surface area contributed by atoms with E-state index in [1.165, 1.54) is 0 Å². The van der Waals surface area contributed by atoms with Gasteiger partial charge in [0.05, 0.1) is 5.54 Å². The largest absolute Gasteiger partial charge is 0.349 e. The summed E-state index contributed by atoms with van der Waals surface area (Å²) in [7, 11) is 3.51. The Balaban J connectivity index is 0.00000242. The highest BCUT2D eigenvalue weighted by Crippen LogP contribution is 2.29. The zero-order valence-corrected chi connectivity index (χ0v) is 14.5. The van der Waals surface area contributed by atoms with E-state index in [4.69, 9.17) is 5.73 Å². The Hall–Kier alpha value is -1.01. The summed E-state index contributed by atoms with van der Waals surface area (Å²) in [4.78, 5) is 27.7. The van der Waals surface area contributed by atoms with Crippen LogP contribution >= 0.6 is 12.4 Å². The van der Waals surface area contributed by atoms with Gasteiger partial charge in [-0.2, -0.15) is 0 Å². The molecule has 0 spiro atoms. The van der Waals surface area contributed by atoms with Gasteiger partial charge in [-0.1, -0.05) is 12.8 Å². The molecule has 1 saturated heterocycles. The second-order valence-electron chi connectivity index (χ2n) is 6.62. The number of hydrogen-bond donors (Lipinski definition) is 2. The molecule has 6 nitrogen and oxygen atoms in total. The summed E-state index contributed by atoms with van der Waals surface area (Å²) in [6, 6.07) is 0.0306. The van der Waals surface area contributed by atoms with Gasteiger partial charge in [0.25, 0.3) is 0 Å². The summed E-state index contributed by atoms with van der Waals surface area (Å²) in [5, 5.41) is 3.20. The smallest absolute Gasteiger partial charge is 0.319 e. The number of nitrogens with zero attached hydrogens (tertiary/aromatic N) is 2. The normalized spacial score (nSPS) is 21.1. The Morgan fingerprint density at radius 3 is 2.23 bits per heavy atom. The van der Waals surface area contributed by atoms with Crippen LogP contribution in [0.4, 0.5) is 4.79 Å². The van der Waals surface area contributed by atoms with Crippen LogP contribution in [0.2, 0.25) is 0 Å². The van der Waals surface area contributed by atoms with E-state index >= 15 is 0 Å². The van der Waals surface area contributed by atoms with Gasteiger partial charge in [-0.05, 0) is 25.7 Å². The van der Waals surface area contributed by atoms with Crippen LogP contribution in [-0.4, -0.2) is 61.0 Å². The number of nitrogens with one attached hydrogen (secondary N) is 1. The van der Waals surface area contributed by atoms with Crippen molar-refractivity contribution in [1.82, 2.24) is 15.1 Å². The van der Waals surface area contributed by atoms with Crippen LogP contribution in [0.15, 0.2) is 0 Å². The van der Waals surface area contributed by atoms with Crippen LogP contribution in [0.1, 0.15) is 38.5 Å². The molecule has 1 aliphatic heterocycles. The van der Waals surface area contributed by atoms with E-state index in [2.05, 4.69) is 5.32 Å². The Labute approximate surface area is 139 Å². The van der Waals surface area contributed by atoms with E-state index in [1.807, 2.05) is 4.90 Å². The molecule has 1 aliphatic carbocycles. The van der Waals surface area contributed by atoms with Crippen LogP contribution in [0, 0.1) is 5.92 Å². The van der Waals surface area contributed by atoms with Crippen molar-refractivity contribution in [3.8, 4) is 0 Å². The van der Waals surface area contributed by atoms with Crippen molar-refractivity contribution in [1.29, 1.82) is 0 Å². The molecule has 0 aromatic carbocycles. The molecule has 7 heteroatoms. The van der Waals surface area contributed by atoms with Crippen molar-refractivity contribution in [2.75, 3.05) is 33.7 Å². The van der Waals surface area contributed by atoms with Gasteiger partial charge >= 0.3 is 6.03 Å². The highest BCUT2D eigenvalue weighted by molar-refractivity contribution is 5.85. The molecular formula is C15H29ClN4O2. The summed E-state index contributed by atoms with van der Waals surface area (Å²) in [6.07, 6.45) is 5.76. The lowest BCUT2D eigenvalue weighted by atomic mass is 9.92. The van der Waals surface area contributed by atoms with Crippen molar-refractivity contribution in [2.24, 2.45) is 11.7 Å². The third kappa shape index (κ3) is 4.26.